The van der Waals surface area contributed by atoms with Crippen LogP contribution in [0.4, 0.5) is 0 Å². The molecule has 0 bridgehead atoms. The van der Waals surface area contributed by atoms with E-state index in [0.29, 0.717) is 4.77 Å². The highest BCUT2D eigenvalue weighted by atomic mass is 32.1. The number of nitrogens with one attached hydrogen (secondary N) is 2. The molecule has 1 aliphatic heterocycles. The Kier molecular flexibility index (Phi) is 3.59. The number of benzene rings is 2. The van der Waals surface area contributed by atoms with E-state index in [1.54, 1.807) is 0 Å². The Bertz CT molecular complexity index is 984. The van der Waals surface area contributed by atoms with Gasteiger partial charge >= 0.3 is 0 Å². The number of nitrogens with zero attached hydrogens (tertiary/aromatic N) is 1. The molecule has 1 aromatic heterocycles. The van der Waals surface area contributed by atoms with E-state index in [1.165, 1.54) is 16.3 Å². The number of rotatable bonds is 2. The van der Waals surface area contributed by atoms with Crippen molar-refractivity contribution in [2.45, 2.75) is 19.5 Å². The molecule has 0 saturated carbocycles. The minimum absolute atomic E-state index is 0.0476. The Balaban J connectivity index is 1.65. The first kappa shape index (κ1) is 14.4. The van der Waals surface area contributed by atoms with Crippen LogP contribution in [0, 0.1) is 4.77 Å². The zero-order valence-electron chi connectivity index (χ0n) is 12.6. The Labute approximate surface area is 138 Å². The second-order valence-corrected chi connectivity index (χ2v) is 6.37. The third kappa shape index (κ3) is 2.73. The van der Waals surface area contributed by atoms with E-state index >= 15 is 0 Å². The summed E-state index contributed by atoms with van der Waals surface area (Å²) < 4.78 is 0.403. The van der Waals surface area contributed by atoms with Gasteiger partial charge in [-0.25, -0.2) is 0 Å². The van der Waals surface area contributed by atoms with Gasteiger partial charge in [0.15, 0.2) is 4.77 Å². The summed E-state index contributed by atoms with van der Waals surface area (Å²) in [6.45, 7) is 2.48. The van der Waals surface area contributed by atoms with Crippen molar-refractivity contribution in [2.24, 2.45) is 0 Å². The maximum absolute atomic E-state index is 12.0. The fourth-order valence-corrected chi connectivity index (χ4v) is 3.55. The van der Waals surface area contributed by atoms with E-state index in [2.05, 4.69) is 57.3 Å². The lowest BCUT2D eigenvalue weighted by Crippen LogP contribution is -2.34. The molecule has 0 atom stereocenters. The van der Waals surface area contributed by atoms with Crippen molar-refractivity contribution in [3.63, 3.8) is 0 Å². The molecule has 1 aliphatic rings. The first-order valence-corrected chi connectivity index (χ1v) is 8.15. The fourth-order valence-electron chi connectivity index (χ4n) is 3.34. The molecular formula is C18H17N3OS. The lowest BCUT2D eigenvalue weighted by atomic mass is 10.0. The highest BCUT2D eigenvalue weighted by Crippen LogP contribution is 2.22. The molecular weight excluding hydrogens is 306 g/mol. The van der Waals surface area contributed by atoms with Crippen molar-refractivity contribution in [1.82, 2.24) is 14.9 Å². The molecule has 0 radical (unpaired) electrons. The maximum atomic E-state index is 12.0. The molecule has 2 heterocycles. The topological polar surface area (TPSA) is 51.9 Å². The molecule has 2 aromatic carbocycles. The minimum atomic E-state index is -0.0476. The van der Waals surface area contributed by atoms with Gasteiger partial charge in [-0.1, -0.05) is 42.5 Å². The molecule has 116 valence electrons. The predicted octanol–water partition coefficient (Wildman–Crippen LogP) is 3.14. The van der Waals surface area contributed by atoms with E-state index in [1.807, 2.05) is 0 Å². The third-order valence-corrected chi connectivity index (χ3v) is 4.67. The van der Waals surface area contributed by atoms with Gasteiger partial charge in [0.1, 0.15) is 0 Å². The lowest BCUT2D eigenvalue weighted by molar-refractivity contribution is 0.241. The molecule has 3 aromatic rings. The average molecular weight is 323 g/mol. The molecule has 23 heavy (non-hydrogen) atoms. The van der Waals surface area contributed by atoms with Gasteiger partial charge in [0.25, 0.3) is 5.56 Å². The zero-order valence-corrected chi connectivity index (χ0v) is 13.5. The van der Waals surface area contributed by atoms with Crippen LogP contribution >= 0.6 is 12.2 Å². The van der Waals surface area contributed by atoms with Gasteiger partial charge in [-0.15, -0.1) is 0 Å². The monoisotopic (exact) mass is 323 g/mol. The van der Waals surface area contributed by atoms with Crippen molar-refractivity contribution in [3.8, 4) is 0 Å². The summed E-state index contributed by atoms with van der Waals surface area (Å²) >= 11 is 5.09. The molecule has 0 amide bonds. The van der Waals surface area contributed by atoms with E-state index in [-0.39, 0.29) is 5.56 Å². The number of fused-ring (bicyclic) bond motifs is 2. The van der Waals surface area contributed by atoms with E-state index in [0.717, 1.165) is 37.3 Å². The van der Waals surface area contributed by atoms with Crippen LogP contribution in [0.1, 0.15) is 16.8 Å². The smallest absolute Gasteiger partial charge is 0.255 e. The zero-order chi connectivity index (χ0) is 15.8. The Morgan fingerprint density at radius 2 is 1.91 bits per heavy atom. The largest absolute Gasteiger partial charge is 0.334 e. The highest BCUT2D eigenvalue weighted by Gasteiger charge is 2.19. The SMILES string of the molecule is O=c1[nH]c(=S)[nH]c2c1CCN(Cc1cccc3ccccc13)C2. The summed E-state index contributed by atoms with van der Waals surface area (Å²) in [7, 11) is 0. The van der Waals surface area contributed by atoms with E-state index in [4.69, 9.17) is 12.2 Å². The Hall–Kier alpha value is -2.24. The molecule has 4 nitrogen and oxygen atoms in total. The van der Waals surface area contributed by atoms with Crippen LogP contribution in [-0.2, 0) is 19.5 Å². The van der Waals surface area contributed by atoms with Gasteiger partial charge in [0.05, 0.1) is 0 Å². The normalized spacial score (nSPS) is 14.8. The highest BCUT2D eigenvalue weighted by molar-refractivity contribution is 7.71. The van der Waals surface area contributed by atoms with Crippen LogP contribution < -0.4 is 5.56 Å². The average Bonchev–Trinajstić information content (AvgIpc) is 2.55. The number of aromatic nitrogens is 2. The first-order chi connectivity index (χ1) is 11.2. The molecule has 0 spiro atoms. The number of H-pyrrole nitrogens is 2. The summed E-state index contributed by atoms with van der Waals surface area (Å²) in [5, 5.41) is 2.55. The molecule has 0 saturated heterocycles. The van der Waals surface area contributed by atoms with Gasteiger partial charge in [-0.2, -0.15) is 0 Å². The number of hydrogen-bond donors (Lipinski definition) is 2. The molecule has 0 aliphatic carbocycles. The van der Waals surface area contributed by atoms with Gasteiger partial charge in [0, 0.05) is 30.9 Å². The molecule has 4 rings (SSSR count). The van der Waals surface area contributed by atoms with Crippen LogP contribution in [0.2, 0.25) is 0 Å². The van der Waals surface area contributed by atoms with Crippen LogP contribution in [0.5, 0.6) is 0 Å². The van der Waals surface area contributed by atoms with Crippen LogP contribution in [0.25, 0.3) is 10.8 Å². The Morgan fingerprint density at radius 3 is 2.83 bits per heavy atom. The summed E-state index contributed by atoms with van der Waals surface area (Å²) in [4.78, 5) is 20.1. The van der Waals surface area contributed by atoms with Gasteiger partial charge < -0.3 is 4.98 Å². The molecule has 0 unspecified atom stereocenters. The van der Waals surface area contributed by atoms with Crippen LogP contribution in [-0.4, -0.2) is 21.4 Å². The summed E-state index contributed by atoms with van der Waals surface area (Å²) in [5.41, 5.74) is 3.06. The predicted molar refractivity (Wildman–Crippen MR) is 94.0 cm³/mol. The lowest BCUT2D eigenvalue weighted by Gasteiger charge is -2.28. The first-order valence-electron chi connectivity index (χ1n) is 7.74. The fraction of sp³-hybridized carbons (Fsp3) is 0.222. The van der Waals surface area contributed by atoms with Gasteiger partial charge in [-0.3, -0.25) is 14.7 Å². The summed E-state index contributed by atoms with van der Waals surface area (Å²) in [6, 6.07) is 14.9. The van der Waals surface area contributed by atoms with Gasteiger partial charge in [-0.05, 0) is 35.0 Å². The number of aromatic amines is 2. The van der Waals surface area contributed by atoms with Crippen molar-refractivity contribution in [2.75, 3.05) is 6.54 Å². The minimum Gasteiger partial charge on any atom is -0.334 e. The van der Waals surface area contributed by atoms with Gasteiger partial charge in [0.2, 0.25) is 0 Å². The van der Waals surface area contributed by atoms with E-state index < -0.39 is 0 Å². The molecule has 0 fully saturated rings. The molecule has 5 heteroatoms. The number of hydrogen-bond acceptors (Lipinski definition) is 3. The Morgan fingerprint density at radius 1 is 1.09 bits per heavy atom. The standard InChI is InChI=1S/C18H17N3OS/c22-17-15-8-9-21(11-16(15)19-18(23)20-17)10-13-6-3-5-12-4-1-2-7-14(12)13/h1-7H,8-11H2,(H2,19,20,22,23). The second-order valence-electron chi connectivity index (χ2n) is 5.96. The van der Waals surface area contributed by atoms with Crippen LogP contribution in [0.3, 0.4) is 0 Å². The van der Waals surface area contributed by atoms with Crippen molar-refractivity contribution in [1.29, 1.82) is 0 Å². The second kappa shape index (κ2) is 5.76. The van der Waals surface area contributed by atoms with Crippen molar-refractivity contribution in [3.05, 3.63) is 74.4 Å². The van der Waals surface area contributed by atoms with Crippen molar-refractivity contribution < 1.29 is 0 Å². The summed E-state index contributed by atoms with van der Waals surface area (Å²) in [6.07, 6.45) is 0.752. The third-order valence-electron chi connectivity index (χ3n) is 4.46. The van der Waals surface area contributed by atoms with E-state index in [9.17, 15) is 4.79 Å². The van der Waals surface area contributed by atoms with Crippen molar-refractivity contribution >= 4 is 23.0 Å². The van der Waals surface area contributed by atoms with Crippen LogP contribution in [0.15, 0.2) is 47.3 Å². The quantitative estimate of drug-likeness (QED) is 0.712. The summed E-state index contributed by atoms with van der Waals surface area (Å²) in [5.74, 6) is 0. The molecule has 2 N–H and O–H groups in total. The maximum Gasteiger partial charge on any atom is 0.255 e.